The first-order valence-electron chi connectivity index (χ1n) is 4.59. The van der Waals surface area contributed by atoms with Crippen LogP contribution in [0.3, 0.4) is 0 Å². The number of hydrogen-bond acceptors (Lipinski definition) is 5. The van der Waals surface area contributed by atoms with E-state index < -0.39 is 6.04 Å². The second kappa shape index (κ2) is 4.86. The van der Waals surface area contributed by atoms with Gasteiger partial charge in [0.25, 0.3) is 0 Å². The Hall–Kier alpha value is -1.46. The highest BCUT2D eigenvalue weighted by molar-refractivity contribution is 5.61. The Morgan fingerprint density at radius 1 is 1.13 bits per heavy atom. The van der Waals surface area contributed by atoms with E-state index in [0.717, 1.165) is 0 Å². The number of anilines is 1. The molecule has 0 aromatic heterocycles. The van der Waals surface area contributed by atoms with E-state index in [-0.39, 0.29) is 24.7 Å². The van der Waals surface area contributed by atoms with E-state index in [0.29, 0.717) is 11.3 Å². The van der Waals surface area contributed by atoms with Gasteiger partial charge in [0, 0.05) is 6.07 Å². The molecule has 0 spiro atoms. The van der Waals surface area contributed by atoms with Crippen molar-refractivity contribution < 1.29 is 20.4 Å². The van der Waals surface area contributed by atoms with Gasteiger partial charge in [0.15, 0.2) is 0 Å². The number of phenolic OH excluding ortho intramolecular Hbond substituents is 2. The maximum absolute atomic E-state index is 9.47. The van der Waals surface area contributed by atoms with Crippen molar-refractivity contribution in [1.82, 2.24) is 0 Å². The molecule has 5 nitrogen and oxygen atoms in total. The minimum atomic E-state index is -0.528. The standard InChI is InChI=1S/C10H15NO4/c1-6-2-8(10(15)3-9(6)14)11-7(4-12)5-13/h2-3,7,11-15H,4-5H2,1H3. The summed E-state index contributed by atoms with van der Waals surface area (Å²) >= 11 is 0. The maximum Gasteiger partial charge on any atom is 0.142 e. The zero-order valence-electron chi connectivity index (χ0n) is 8.44. The number of aromatic hydroxyl groups is 2. The smallest absolute Gasteiger partial charge is 0.142 e. The van der Waals surface area contributed by atoms with Crippen molar-refractivity contribution in [3.8, 4) is 11.5 Å². The molecule has 0 radical (unpaired) electrons. The fraction of sp³-hybridized carbons (Fsp3) is 0.400. The predicted octanol–water partition coefficient (Wildman–Crippen LogP) is 0.171. The summed E-state index contributed by atoms with van der Waals surface area (Å²) in [6.45, 7) is 1.21. The van der Waals surface area contributed by atoms with Gasteiger partial charge in [0.2, 0.25) is 0 Å². The van der Waals surface area contributed by atoms with Gasteiger partial charge in [-0.3, -0.25) is 0 Å². The number of rotatable bonds is 4. The summed E-state index contributed by atoms with van der Waals surface area (Å²) in [4.78, 5) is 0. The average Bonchev–Trinajstić information content (AvgIpc) is 2.21. The largest absolute Gasteiger partial charge is 0.508 e. The van der Waals surface area contributed by atoms with Crippen LogP contribution in [0, 0.1) is 6.92 Å². The van der Waals surface area contributed by atoms with Crippen molar-refractivity contribution in [3.63, 3.8) is 0 Å². The van der Waals surface area contributed by atoms with Crippen LogP contribution in [0.2, 0.25) is 0 Å². The molecule has 1 aromatic rings. The lowest BCUT2D eigenvalue weighted by molar-refractivity contribution is 0.203. The summed E-state index contributed by atoms with van der Waals surface area (Å²) in [5.74, 6) is -0.118. The Bertz CT molecular complexity index is 336. The molecular formula is C10H15NO4. The van der Waals surface area contributed by atoms with Crippen molar-refractivity contribution in [2.45, 2.75) is 13.0 Å². The number of nitrogens with one attached hydrogen (secondary N) is 1. The quantitative estimate of drug-likeness (QED) is 0.363. The van der Waals surface area contributed by atoms with Crippen LogP contribution < -0.4 is 5.32 Å². The minimum absolute atomic E-state index is 0.00240. The monoisotopic (exact) mass is 213 g/mol. The average molecular weight is 213 g/mol. The van der Waals surface area contributed by atoms with Crippen LogP contribution in [-0.2, 0) is 0 Å². The number of aliphatic hydroxyl groups excluding tert-OH is 2. The van der Waals surface area contributed by atoms with Gasteiger partial charge in [0.1, 0.15) is 11.5 Å². The van der Waals surface area contributed by atoms with Crippen molar-refractivity contribution in [2.75, 3.05) is 18.5 Å². The maximum atomic E-state index is 9.47. The first kappa shape index (κ1) is 11.6. The van der Waals surface area contributed by atoms with E-state index in [1.807, 2.05) is 0 Å². The predicted molar refractivity (Wildman–Crippen MR) is 56.1 cm³/mol. The van der Waals surface area contributed by atoms with Crippen LogP contribution in [0.25, 0.3) is 0 Å². The van der Waals surface area contributed by atoms with Crippen molar-refractivity contribution in [1.29, 1.82) is 0 Å². The van der Waals surface area contributed by atoms with Crippen LogP contribution in [0.15, 0.2) is 12.1 Å². The van der Waals surface area contributed by atoms with Gasteiger partial charge in [0.05, 0.1) is 24.9 Å². The molecule has 0 heterocycles. The fourth-order valence-corrected chi connectivity index (χ4v) is 1.17. The highest BCUT2D eigenvalue weighted by Crippen LogP contribution is 2.31. The molecule has 84 valence electrons. The molecule has 0 bridgehead atoms. The van der Waals surface area contributed by atoms with Crippen molar-refractivity contribution in [2.24, 2.45) is 0 Å². The van der Waals surface area contributed by atoms with Crippen molar-refractivity contribution in [3.05, 3.63) is 17.7 Å². The molecule has 0 saturated heterocycles. The second-order valence-corrected chi connectivity index (χ2v) is 3.36. The summed E-state index contributed by atoms with van der Waals surface area (Å²) < 4.78 is 0. The normalized spacial score (nSPS) is 10.7. The molecule has 5 N–H and O–H groups in total. The second-order valence-electron chi connectivity index (χ2n) is 3.36. The number of phenols is 2. The topological polar surface area (TPSA) is 93.0 Å². The van der Waals surface area contributed by atoms with Gasteiger partial charge >= 0.3 is 0 Å². The lowest BCUT2D eigenvalue weighted by atomic mass is 10.1. The Morgan fingerprint density at radius 3 is 2.27 bits per heavy atom. The number of hydrogen-bond donors (Lipinski definition) is 5. The Kier molecular flexibility index (Phi) is 3.76. The molecule has 1 aromatic carbocycles. The van der Waals surface area contributed by atoms with E-state index in [9.17, 15) is 10.2 Å². The lowest BCUT2D eigenvalue weighted by Gasteiger charge is -2.16. The first-order chi connectivity index (χ1) is 7.08. The zero-order chi connectivity index (χ0) is 11.4. The first-order valence-corrected chi connectivity index (χ1v) is 4.59. The SMILES string of the molecule is Cc1cc(NC(CO)CO)c(O)cc1O. The third kappa shape index (κ3) is 2.74. The number of aliphatic hydroxyl groups is 2. The van der Waals surface area contributed by atoms with Crippen LogP contribution in [0.5, 0.6) is 11.5 Å². The zero-order valence-corrected chi connectivity index (χ0v) is 8.44. The van der Waals surface area contributed by atoms with Crippen LogP contribution in [-0.4, -0.2) is 39.7 Å². The highest BCUT2D eigenvalue weighted by Gasteiger charge is 2.10. The summed E-state index contributed by atoms with van der Waals surface area (Å²) in [7, 11) is 0. The molecule has 0 saturated carbocycles. The van der Waals surface area contributed by atoms with E-state index in [2.05, 4.69) is 5.32 Å². The molecule has 0 unspecified atom stereocenters. The third-order valence-corrected chi connectivity index (χ3v) is 2.11. The Morgan fingerprint density at radius 2 is 1.73 bits per heavy atom. The van der Waals surface area contributed by atoms with E-state index in [1.54, 1.807) is 13.0 Å². The Balaban J connectivity index is 2.89. The van der Waals surface area contributed by atoms with E-state index >= 15 is 0 Å². The van der Waals surface area contributed by atoms with Gasteiger partial charge in [-0.1, -0.05) is 0 Å². The summed E-state index contributed by atoms with van der Waals surface area (Å²) in [5.41, 5.74) is 0.975. The van der Waals surface area contributed by atoms with Gasteiger partial charge in [-0.05, 0) is 18.6 Å². The fourth-order valence-electron chi connectivity index (χ4n) is 1.17. The number of aryl methyl sites for hydroxylation is 1. The van der Waals surface area contributed by atoms with Crippen LogP contribution >= 0.6 is 0 Å². The van der Waals surface area contributed by atoms with Gasteiger partial charge in [-0.15, -0.1) is 0 Å². The number of benzene rings is 1. The molecule has 0 aliphatic heterocycles. The van der Waals surface area contributed by atoms with Gasteiger partial charge in [-0.2, -0.15) is 0 Å². The molecule has 0 fully saturated rings. The van der Waals surface area contributed by atoms with Gasteiger partial charge < -0.3 is 25.7 Å². The molecule has 0 atom stereocenters. The summed E-state index contributed by atoms with van der Waals surface area (Å²) in [5, 5.41) is 39.2. The molecule has 0 aliphatic carbocycles. The van der Waals surface area contributed by atoms with Gasteiger partial charge in [-0.25, -0.2) is 0 Å². The Labute approximate surface area is 87.6 Å². The molecule has 5 heteroatoms. The molecule has 0 aliphatic rings. The molecule has 1 rings (SSSR count). The van der Waals surface area contributed by atoms with E-state index in [1.165, 1.54) is 6.07 Å². The minimum Gasteiger partial charge on any atom is -0.508 e. The third-order valence-electron chi connectivity index (χ3n) is 2.11. The van der Waals surface area contributed by atoms with Crippen molar-refractivity contribution >= 4 is 5.69 Å². The lowest BCUT2D eigenvalue weighted by Crippen LogP contribution is -2.27. The summed E-state index contributed by atoms with van der Waals surface area (Å²) in [6, 6.07) is 2.23. The van der Waals surface area contributed by atoms with Crippen LogP contribution in [0.4, 0.5) is 5.69 Å². The molecular weight excluding hydrogens is 198 g/mol. The molecule has 0 amide bonds. The highest BCUT2D eigenvalue weighted by atomic mass is 16.3. The van der Waals surface area contributed by atoms with E-state index in [4.69, 9.17) is 10.2 Å². The summed E-state index contributed by atoms with van der Waals surface area (Å²) in [6.07, 6.45) is 0. The molecule has 15 heavy (non-hydrogen) atoms. The van der Waals surface area contributed by atoms with Crippen LogP contribution in [0.1, 0.15) is 5.56 Å².